The first-order valence-corrected chi connectivity index (χ1v) is 17.7. The first-order valence-electron chi connectivity index (χ1n) is 17.7. The molecule has 0 unspecified atom stereocenters. The fourth-order valence-electron chi connectivity index (χ4n) is 5.03. The van der Waals surface area contributed by atoms with Gasteiger partial charge in [-0.3, -0.25) is 28.7 Å². The normalized spacial score (nSPS) is 10.4. The van der Waals surface area contributed by atoms with Crippen LogP contribution in [0.25, 0.3) is 0 Å². The molecule has 0 bridgehead atoms. The van der Waals surface area contributed by atoms with Crippen LogP contribution >= 0.6 is 0 Å². The van der Waals surface area contributed by atoms with Crippen LogP contribution in [0.2, 0.25) is 0 Å². The van der Waals surface area contributed by atoms with Gasteiger partial charge in [0.1, 0.15) is 13.1 Å². The van der Waals surface area contributed by atoms with Crippen LogP contribution in [-0.2, 0) is 25.7 Å². The highest BCUT2D eigenvalue weighted by Gasteiger charge is 2.19. The molecule has 2 amide bonds. The van der Waals surface area contributed by atoms with Gasteiger partial charge in [-0.2, -0.15) is 0 Å². The fourth-order valence-corrected chi connectivity index (χ4v) is 5.03. The topological polar surface area (TPSA) is 131 Å². The Morgan fingerprint density at radius 2 is 1.36 bits per heavy atom. The zero-order chi connectivity index (χ0) is 34.5. The maximum absolute atomic E-state index is 12.8. The predicted octanol–water partition coefficient (Wildman–Crippen LogP) is 5.40. The van der Waals surface area contributed by atoms with Crippen molar-refractivity contribution < 1.29 is 19.1 Å². The molecule has 0 radical (unpaired) electrons. The van der Waals surface area contributed by atoms with Gasteiger partial charge in [0.15, 0.2) is 0 Å². The van der Waals surface area contributed by atoms with E-state index >= 15 is 0 Å². The Labute approximate surface area is 281 Å². The molecule has 262 valence electrons. The molecule has 0 aromatic carbocycles. The van der Waals surface area contributed by atoms with Crippen molar-refractivity contribution in [1.82, 2.24) is 19.8 Å². The minimum absolute atomic E-state index is 0.0740. The van der Waals surface area contributed by atoms with E-state index < -0.39 is 23.1 Å². The van der Waals surface area contributed by atoms with Gasteiger partial charge in [0.05, 0.1) is 7.11 Å². The van der Waals surface area contributed by atoms with E-state index in [1.54, 1.807) is 0 Å². The molecule has 1 aromatic heterocycles. The van der Waals surface area contributed by atoms with Gasteiger partial charge in [0.25, 0.3) is 5.56 Å². The number of carbonyl (C=O) groups excluding carboxylic acids is 3. The Bertz CT molecular complexity index is 1290. The Kier molecular flexibility index (Phi) is 24.0. The van der Waals surface area contributed by atoms with Crippen molar-refractivity contribution in [3.63, 3.8) is 0 Å². The monoisotopic (exact) mass is 654 g/mol. The zero-order valence-electron chi connectivity index (χ0n) is 29.2. The number of H-pyrrole nitrogens is 1. The molecule has 1 rings (SSSR count). The summed E-state index contributed by atoms with van der Waals surface area (Å²) in [7, 11) is 1.22. The molecule has 0 saturated heterocycles. The number of hydrogen-bond donors (Lipinski definition) is 2. The van der Waals surface area contributed by atoms with Crippen LogP contribution in [0.15, 0.2) is 15.8 Å². The van der Waals surface area contributed by atoms with Crippen molar-refractivity contribution in [1.29, 1.82) is 0 Å². The number of hydrogen-bond acceptors (Lipinski definition) is 6. The lowest BCUT2D eigenvalue weighted by Crippen LogP contribution is -2.44. The van der Waals surface area contributed by atoms with Gasteiger partial charge >= 0.3 is 11.7 Å². The first-order chi connectivity index (χ1) is 22.8. The molecule has 0 spiro atoms. The van der Waals surface area contributed by atoms with E-state index in [9.17, 15) is 24.0 Å². The number of aromatic nitrogens is 2. The second-order valence-electron chi connectivity index (χ2n) is 12.1. The van der Waals surface area contributed by atoms with Gasteiger partial charge < -0.3 is 15.0 Å². The largest absolute Gasteiger partial charge is 0.468 e. The highest BCUT2D eigenvalue weighted by Crippen LogP contribution is 2.11. The molecule has 1 heterocycles. The van der Waals surface area contributed by atoms with Gasteiger partial charge in [-0.25, -0.2) is 4.79 Å². The maximum Gasteiger partial charge on any atom is 0.328 e. The number of aromatic amines is 1. The molecule has 10 nitrogen and oxygen atoms in total. The molecular weight excluding hydrogens is 596 g/mol. The van der Waals surface area contributed by atoms with Crippen molar-refractivity contribution in [2.45, 2.75) is 142 Å². The summed E-state index contributed by atoms with van der Waals surface area (Å²) >= 11 is 0. The molecule has 0 saturated carbocycles. The van der Waals surface area contributed by atoms with Crippen LogP contribution in [0.4, 0.5) is 0 Å². The van der Waals surface area contributed by atoms with Gasteiger partial charge in [0, 0.05) is 44.1 Å². The summed E-state index contributed by atoms with van der Waals surface area (Å²) in [4.78, 5) is 63.9. The average molecular weight is 655 g/mol. The number of nitrogens with one attached hydrogen (secondary N) is 2. The van der Waals surface area contributed by atoms with E-state index in [0.717, 1.165) is 55.9 Å². The highest BCUT2D eigenvalue weighted by molar-refractivity contribution is 5.82. The summed E-state index contributed by atoms with van der Waals surface area (Å²) in [5.41, 5.74) is -0.961. The molecule has 10 heteroatoms. The van der Waals surface area contributed by atoms with E-state index in [2.05, 4.69) is 45.6 Å². The third-order valence-corrected chi connectivity index (χ3v) is 7.95. The number of unbranched alkanes of at least 4 members (excludes halogenated alkanes) is 16. The van der Waals surface area contributed by atoms with Crippen molar-refractivity contribution in [3.05, 3.63) is 32.6 Å². The van der Waals surface area contributed by atoms with Gasteiger partial charge in [0.2, 0.25) is 11.8 Å². The van der Waals surface area contributed by atoms with Gasteiger partial charge in [-0.15, -0.1) is 0 Å². The molecule has 0 aliphatic carbocycles. The Morgan fingerprint density at radius 3 is 1.91 bits per heavy atom. The number of nitrogens with zero attached hydrogens (tertiary/aromatic N) is 2. The lowest BCUT2D eigenvalue weighted by molar-refractivity contribution is -0.147. The van der Waals surface area contributed by atoms with Gasteiger partial charge in [-0.05, 0) is 38.0 Å². The summed E-state index contributed by atoms with van der Waals surface area (Å²) in [6.07, 6.45) is 22.9. The van der Waals surface area contributed by atoms with Crippen LogP contribution in [0.5, 0.6) is 0 Å². The summed E-state index contributed by atoms with van der Waals surface area (Å²) in [6, 6.07) is 0. The standard InChI is InChI=1S/C37H58N4O6/c1-4-5-6-7-8-9-10-11-12-13-14-15-16-17-18-19-20-21-22-23-24-25-26-33(42)38-27-28-40(31-35(44)47-3)34(43)30-41-29-32(2)36(45)39-37(41)46/h29H,4-14,19-28,30-31H2,1-3H3,(H,38,42)(H,39,45,46). The summed E-state index contributed by atoms with van der Waals surface area (Å²) < 4.78 is 5.75. The summed E-state index contributed by atoms with van der Waals surface area (Å²) in [6.45, 7) is 3.34. The number of aryl methyl sites for hydroxylation is 1. The maximum atomic E-state index is 12.8. The van der Waals surface area contributed by atoms with Crippen LogP contribution in [0.1, 0.15) is 134 Å². The first kappa shape index (κ1) is 41.2. The van der Waals surface area contributed by atoms with Crippen molar-refractivity contribution >= 4 is 17.8 Å². The average Bonchev–Trinajstić information content (AvgIpc) is 3.05. The minimum Gasteiger partial charge on any atom is -0.468 e. The van der Waals surface area contributed by atoms with E-state index in [1.165, 1.54) is 89.3 Å². The molecule has 2 N–H and O–H groups in total. The van der Waals surface area contributed by atoms with Crippen LogP contribution < -0.4 is 16.6 Å². The number of carbonyl (C=O) groups is 3. The van der Waals surface area contributed by atoms with Crippen molar-refractivity contribution in [2.24, 2.45) is 0 Å². The molecule has 0 aliphatic rings. The van der Waals surface area contributed by atoms with Gasteiger partial charge in [-0.1, -0.05) is 102 Å². The number of rotatable bonds is 25. The van der Waals surface area contributed by atoms with Crippen molar-refractivity contribution in [2.75, 3.05) is 26.7 Å². The Hall–Kier alpha value is -3.79. The lowest BCUT2D eigenvalue weighted by Gasteiger charge is -2.22. The Balaban J connectivity index is 2.11. The highest BCUT2D eigenvalue weighted by atomic mass is 16.5. The molecule has 47 heavy (non-hydrogen) atoms. The van der Waals surface area contributed by atoms with E-state index in [0.29, 0.717) is 6.42 Å². The predicted molar refractivity (Wildman–Crippen MR) is 187 cm³/mol. The SMILES string of the molecule is CCCCCCCCCCCCC#CC#CCCCCCCCCC(=O)NCCN(CC(=O)OC)C(=O)Cn1cc(C)c(=O)[nH]c1=O. The molecule has 1 aromatic rings. The molecule has 0 atom stereocenters. The molecule has 0 aliphatic heterocycles. The van der Waals surface area contributed by atoms with E-state index in [1.807, 2.05) is 0 Å². The molecule has 0 fully saturated rings. The second-order valence-corrected chi connectivity index (χ2v) is 12.1. The van der Waals surface area contributed by atoms with E-state index in [4.69, 9.17) is 0 Å². The number of methoxy groups -OCH3 is 1. The smallest absolute Gasteiger partial charge is 0.328 e. The third kappa shape index (κ3) is 21.6. The third-order valence-electron chi connectivity index (χ3n) is 7.95. The summed E-state index contributed by atoms with van der Waals surface area (Å²) in [5, 5.41) is 2.79. The van der Waals surface area contributed by atoms with Crippen molar-refractivity contribution in [3.8, 4) is 23.7 Å². The lowest BCUT2D eigenvalue weighted by atomic mass is 10.1. The fraction of sp³-hybridized carbons (Fsp3) is 0.703. The quantitative estimate of drug-likeness (QED) is 0.0825. The number of esters is 1. The second kappa shape index (κ2) is 27.3. The molecular formula is C37H58N4O6. The minimum atomic E-state index is -0.719. The zero-order valence-corrected chi connectivity index (χ0v) is 29.2. The summed E-state index contributed by atoms with van der Waals surface area (Å²) in [5.74, 6) is 11.0. The van der Waals surface area contributed by atoms with E-state index in [-0.39, 0.29) is 37.6 Å². The van der Waals surface area contributed by atoms with Crippen LogP contribution in [0.3, 0.4) is 0 Å². The number of ether oxygens (including phenoxy) is 1. The van der Waals surface area contributed by atoms with Crippen LogP contribution in [0, 0.1) is 30.6 Å². The Morgan fingerprint density at radius 1 is 0.830 bits per heavy atom. The number of amides is 2. The van der Waals surface area contributed by atoms with Crippen LogP contribution in [-0.4, -0.2) is 59.0 Å².